The minimum absolute atomic E-state index is 0.143. The molecule has 0 saturated heterocycles. The van der Waals surface area contributed by atoms with Gasteiger partial charge >= 0.3 is 5.97 Å². The van der Waals surface area contributed by atoms with E-state index in [0.29, 0.717) is 5.69 Å². The van der Waals surface area contributed by atoms with Crippen molar-refractivity contribution in [3.05, 3.63) is 65.1 Å². The number of nitrogens with one attached hydrogen (secondary N) is 1. The number of halogens is 1. The topological polar surface area (TPSA) is 51.3 Å². The molecule has 1 aromatic heterocycles. The Morgan fingerprint density at radius 3 is 2.69 bits per heavy atom. The summed E-state index contributed by atoms with van der Waals surface area (Å²) in [5.74, 6) is -0.745. The number of aromatic nitrogens is 1. The van der Waals surface area contributed by atoms with Crippen molar-refractivity contribution in [2.45, 2.75) is 12.8 Å². The van der Waals surface area contributed by atoms with E-state index in [0.717, 1.165) is 40.8 Å². The van der Waals surface area contributed by atoms with Gasteiger partial charge in [0.25, 0.3) is 0 Å². The molecule has 0 unspecified atom stereocenters. The Morgan fingerprint density at radius 2 is 1.92 bits per heavy atom. The molecular weight excluding hydrogens is 333 g/mol. The smallest absolute Gasteiger partial charge is 0.355 e. The van der Waals surface area contributed by atoms with E-state index in [2.05, 4.69) is 11.1 Å². The first kappa shape index (κ1) is 16.4. The van der Waals surface area contributed by atoms with E-state index < -0.39 is 11.8 Å². The third kappa shape index (κ3) is 2.47. The molecule has 1 N–H and O–H groups in total. The van der Waals surface area contributed by atoms with Crippen LogP contribution in [-0.4, -0.2) is 25.2 Å². The second-order valence-electron chi connectivity index (χ2n) is 6.23. The number of benzene rings is 2. The van der Waals surface area contributed by atoms with Crippen LogP contribution in [-0.2, 0) is 17.6 Å². The number of hydrogen-bond acceptors (Lipinski definition) is 3. The van der Waals surface area contributed by atoms with Gasteiger partial charge in [-0.25, -0.2) is 9.18 Å². The standard InChI is InChI=1S/C21H18FNO3/c1-25-17-11-13(8-10-16(17)22)18-15-9-7-12-5-3-4-6-14(12)19(15)23-20(18)21(24)26-2/h3-6,8,10-11,23H,7,9H2,1-2H3. The van der Waals surface area contributed by atoms with E-state index in [4.69, 9.17) is 9.47 Å². The number of fused-ring (bicyclic) bond motifs is 3. The quantitative estimate of drug-likeness (QED) is 0.713. The van der Waals surface area contributed by atoms with Gasteiger partial charge in [-0.05, 0) is 41.7 Å². The molecule has 132 valence electrons. The van der Waals surface area contributed by atoms with Crippen LogP contribution in [0.4, 0.5) is 4.39 Å². The molecule has 2 aromatic carbocycles. The molecule has 4 nitrogen and oxygen atoms in total. The third-order valence-electron chi connectivity index (χ3n) is 4.86. The van der Waals surface area contributed by atoms with Crippen LogP contribution in [0.15, 0.2) is 42.5 Å². The van der Waals surface area contributed by atoms with Crippen LogP contribution in [0.5, 0.6) is 5.75 Å². The second kappa shape index (κ2) is 6.33. The molecule has 5 heteroatoms. The fraction of sp³-hybridized carbons (Fsp3) is 0.190. The van der Waals surface area contributed by atoms with Crippen LogP contribution in [0, 0.1) is 5.82 Å². The zero-order chi connectivity index (χ0) is 18.3. The first-order chi connectivity index (χ1) is 12.6. The van der Waals surface area contributed by atoms with Crippen molar-refractivity contribution in [1.29, 1.82) is 0 Å². The van der Waals surface area contributed by atoms with Crippen molar-refractivity contribution in [2.75, 3.05) is 14.2 Å². The Balaban J connectivity index is 1.98. The molecule has 3 aromatic rings. The number of aryl methyl sites for hydroxylation is 1. The molecule has 0 amide bonds. The zero-order valence-corrected chi connectivity index (χ0v) is 14.6. The number of methoxy groups -OCH3 is 2. The highest BCUT2D eigenvalue weighted by atomic mass is 19.1. The number of aromatic amines is 1. The van der Waals surface area contributed by atoms with Crippen LogP contribution in [0.3, 0.4) is 0 Å². The average molecular weight is 351 g/mol. The molecule has 0 spiro atoms. The summed E-state index contributed by atoms with van der Waals surface area (Å²) >= 11 is 0. The van der Waals surface area contributed by atoms with E-state index >= 15 is 0 Å². The van der Waals surface area contributed by atoms with Gasteiger partial charge in [0.15, 0.2) is 11.6 Å². The summed E-state index contributed by atoms with van der Waals surface area (Å²) in [6.45, 7) is 0. The van der Waals surface area contributed by atoms with E-state index in [9.17, 15) is 9.18 Å². The fourth-order valence-electron chi connectivity index (χ4n) is 3.65. The lowest BCUT2D eigenvalue weighted by Crippen LogP contribution is -2.04. The highest BCUT2D eigenvalue weighted by Gasteiger charge is 2.28. The van der Waals surface area contributed by atoms with Crippen molar-refractivity contribution >= 4 is 5.97 Å². The summed E-state index contributed by atoms with van der Waals surface area (Å²) in [4.78, 5) is 15.7. The second-order valence-corrected chi connectivity index (χ2v) is 6.23. The number of esters is 1. The zero-order valence-electron chi connectivity index (χ0n) is 14.6. The van der Waals surface area contributed by atoms with Gasteiger partial charge in [0.2, 0.25) is 0 Å². The minimum Gasteiger partial charge on any atom is -0.494 e. The molecule has 1 aliphatic carbocycles. The average Bonchev–Trinajstić information content (AvgIpc) is 3.08. The highest BCUT2D eigenvalue weighted by molar-refractivity contribution is 6.00. The molecule has 26 heavy (non-hydrogen) atoms. The normalized spacial score (nSPS) is 12.3. The van der Waals surface area contributed by atoms with E-state index in [1.54, 1.807) is 12.1 Å². The van der Waals surface area contributed by atoms with Crippen LogP contribution in [0.25, 0.3) is 22.4 Å². The molecule has 0 fully saturated rings. The fourth-order valence-corrected chi connectivity index (χ4v) is 3.65. The summed E-state index contributed by atoms with van der Waals surface area (Å²) in [7, 11) is 2.78. The highest BCUT2D eigenvalue weighted by Crippen LogP contribution is 2.41. The van der Waals surface area contributed by atoms with Gasteiger partial charge in [-0.3, -0.25) is 0 Å². The summed E-state index contributed by atoms with van der Waals surface area (Å²) in [5.41, 5.74) is 6.13. The molecule has 4 rings (SSSR count). The number of carbonyl (C=O) groups excluding carboxylic acids is 1. The van der Waals surface area contributed by atoms with Crippen LogP contribution >= 0.6 is 0 Å². The molecule has 0 atom stereocenters. The Hall–Kier alpha value is -3.08. The van der Waals surface area contributed by atoms with Crippen molar-refractivity contribution in [3.8, 4) is 28.1 Å². The lowest BCUT2D eigenvalue weighted by molar-refractivity contribution is 0.0596. The monoisotopic (exact) mass is 351 g/mol. The number of hydrogen-bond donors (Lipinski definition) is 1. The Bertz CT molecular complexity index is 1010. The Kier molecular flexibility index (Phi) is 3.99. The molecule has 1 aliphatic rings. The van der Waals surface area contributed by atoms with Crippen LogP contribution in [0.1, 0.15) is 21.6 Å². The van der Waals surface area contributed by atoms with E-state index in [1.807, 2.05) is 18.2 Å². The number of ether oxygens (including phenoxy) is 2. The van der Waals surface area contributed by atoms with Gasteiger partial charge in [-0.15, -0.1) is 0 Å². The van der Waals surface area contributed by atoms with Gasteiger partial charge in [0.1, 0.15) is 5.69 Å². The summed E-state index contributed by atoms with van der Waals surface area (Å²) in [5, 5.41) is 0. The maximum Gasteiger partial charge on any atom is 0.355 e. The van der Waals surface area contributed by atoms with Crippen LogP contribution in [0.2, 0.25) is 0 Å². The Labute approximate surface area is 150 Å². The summed E-state index contributed by atoms with van der Waals surface area (Å²) < 4.78 is 23.9. The first-order valence-electron chi connectivity index (χ1n) is 8.39. The molecule has 0 radical (unpaired) electrons. The summed E-state index contributed by atoms with van der Waals surface area (Å²) in [6, 6.07) is 12.8. The molecular formula is C21H18FNO3. The number of rotatable bonds is 3. The maximum atomic E-state index is 13.8. The van der Waals surface area contributed by atoms with Gasteiger partial charge in [-0.2, -0.15) is 0 Å². The molecule has 0 aliphatic heterocycles. The number of H-pyrrole nitrogens is 1. The van der Waals surface area contributed by atoms with Gasteiger partial charge < -0.3 is 14.5 Å². The van der Waals surface area contributed by atoms with Crippen LogP contribution < -0.4 is 4.74 Å². The lowest BCUT2D eigenvalue weighted by atomic mass is 9.86. The van der Waals surface area contributed by atoms with Crippen molar-refractivity contribution < 1.29 is 18.7 Å². The van der Waals surface area contributed by atoms with Gasteiger partial charge in [-0.1, -0.05) is 30.3 Å². The predicted molar refractivity (Wildman–Crippen MR) is 96.9 cm³/mol. The van der Waals surface area contributed by atoms with Crippen molar-refractivity contribution in [2.24, 2.45) is 0 Å². The van der Waals surface area contributed by atoms with E-state index in [1.165, 1.54) is 25.8 Å². The minimum atomic E-state index is -0.449. The summed E-state index contributed by atoms with van der Waals surface area (Å²) in [6.07, 6.45) is 1.67. The Morgan fingerprint density at radius 1 is 1.12 bits per heavy atom. The molecule has 0 saturated carbocycles. The lowest BCUT2D eigenvalue weighted by Gasteiger charge is -2.17. The molecule has 1 heterocycles. The number of carbonyl (C=O) groups is 1. The maximum absolute atomic E-state index is 13.8. The first-order valence-corrected chi connectivity index (χ1v) is 8.39. The van der Waals surface area contributed by atoms with Crippen molar-refractivity contribution in [1.82, 2.24) is 4.98 Å². The molecule has 0 bridgehead atoms. The largest absolute Gasteiger partial charge is 0.494 e. The third-order valence-corrected chi connectivity index (χ3v) is 4.86. The van der Waals surface area contributed by atoms with Gasteiger partial charge in [0.05, 0.1) is 19.9 Å². The van der Waals surface area contributed by atoms with E-state index in [-0.39, 0.29) is 5.75 Å². The predicted octanol–water partition coefficient (Wildman–Crippen LogP) is 4.38. The van der Waals surface area contributed by atoms with Crippen molar-refractivity contribution in [3.63, 3.8) is 0 Å². The van der Waals surface area contributed by atoms with Gasteiger partial charge in [0, 0.05) is 11.1 Å². The SMILES string of the molecule is COC(=O)c1[nH]c2c(c1-c1ccc(F)c(OC)c1)CCc1ccccc1-2.